The van der Waals surface area contributed by atoms with Gasteiger partial charge in [-0.3, -0.25) is 4.79 Å². The molecule has 1 aromatic heterocycles. The van der Waals surface area contributed by atoms with Crippen LogP contribution in [0.5, 0.6) is 0 Å². The fraction of sp³-hybridized carbons (Fsp3) is 0.778. The van der Waals surface area contributed by atoms with Crippen molar-refractivity contribution in [3.63, 3.8) is 0 Å². The predicted molar refractivity (Wildman–Crippen MR) is 211 cm³/mol. The van der Waals surface area contributed by atoms with Gasteiger partial charge in [-0.1, -0.05) is 38.8 Å². The molecule has 9 aliphatic rings. The highest BCUT2D eigenvalue weighted by molar-refractivity contribution is 7.10. The topological polar surface area (TPSA) is 94.6 Å². The summed E-state index contributed by atoms with van der Waals surface area (Å²) >= 11 is 1.63. The van der Waals surface area contributed by atoms with E-state index in [9.17, 15) is 4.79 Å². The van der Waals surface area contributed by atoms with Gasteiger partial charge in [-0.15, -0.1) is 11.3 Å². The number of aromatic nitrogens is 1. The molecule has 1 unspecified atom stereocenters. The van der Waals surface area contributed by atoms with Gasteiger partial charge in [0, 0.05) is 48.6 Å². The fourth-order valence-electron chi connectivity index (χ4n) is 11.9. The van der Waals surface area contributed by atoms with E-state index >= 15 is 0 Å². The molecule has 13 atom stereocenters. The first kappa shape index (κ1) is 39.7. The number of hydrogen-bond donors (Lipinski definition) is 0. The van der Waals surface area contributed by atoms with Crippen LogP contribution in [0.4, 0.5) is 0 Å². The lowest BCUT2D eigenvalue weighted by Gasteiger charge is -2.57. The van der Waals surface area contributed by atoms with E-state index in [2.05, 4.69) is 66.4 Å². The lowest BCUT2D eigenvalue weighted by molar-refractivity contribution is -0.555. The van der Waals surface area contributed by atoms with Crippen LogP contribution in [0.2, 0.25) is 0 Å². The number of carbonyl (C=O) groups is 1. The van der Waals surface area contributed by atoms with E-state index in [1.165, 1.54) is 30.4 Å². The summed E-state index contributed by atoms with van der Waals surface area (Å²) in [6.45, 7) is 19.5. The molecule has 2 aliphatic carbocycles. The van der Waals surface area contributed by atoms with Gasteiger partial charge >= 0.3 is 0 Å². The lowest BCUT2D eigenvalue weighted by Crippen LogP contribution is -2.66. The Hall–Kier alpha value is -2.08. The third-order valence-electron chi connectivity index (χ3n) is 14.9. The summed E-state index contributed by atoms with van der Waals surface area (Å²) in [5.74, 6) is 3.38. The number of allylic oxidation sites excluding steroid dienone is 3. The maximum absolute atomic E-state index is 13.2. The largest absolute Gasteiger partial charge is 0.459 e. The summed E-state index contributed by atoms with van der Waals surface area (Å²) in [6, 6.07) is 0. The number of ether oxygens (including phenoxy) is 5. The number of thiazole rings is 1. The Kier molecular flexibility index (Phi) is 10.8. The summed E-state index contributed by atoms with van der Waals surface area (Å²) < 4.78 is 32.1. The van der Waals surface area contributed by atoms with Crippen molar-refractivity contribution >= 4 is 22.9 Å². The van der Waals surface area contributed by atoms with Gasteiger partial charge in [0.05, 0.1) is 0 Å². The monoisotopic (exact) mass is 779 g/mol. The molecule has 5 saturated heterocycles. The van der Waals surface area contributed by atoms with Crippen molar-refractivity contribution in [3.05, 3.63) is 45.1 Å². The molecule has 7 aliphatic heterocycles. The molecule has 7 fully saturated rings. The van der Waals surface area contributed by atoms with Crippen molar-refractivity contribution in [2.24, 2.45) is 41.4 Å². The molecular weight excluding hydrogens is 715 g/mol. The molecule has 304 valence electrons. The summed E-state index contributed by atoms with van der Waals surface area (Å²) in [7, 11) is 0. The Balaban J connectivity index is 0.000000163. The first-order valence-corrected chi connectivity index (χ1v) is 22.3. The number of rotatable bonds is 9. The van der Waals surface area contributed by atoms with E-state index in [0.29, 0.717) is 47.7 Å². The van der Waals surface area contributed by atoms with Crippen LogP contribution >= 0.6 is 11.3 Å². The van der Waals surface area contributed by atoms with Crippen LogP contribution in [-0.4, -0.2) is 46.1 Å². The highest BCUT2D eigenvalue weighted by Gasteiger charge is 2.71. The van der Waals surface area contributed by atoms with Crippen molar-refractivity contribution in [2.75, 3.05) is 0 Å². The summed E-state index contributed by atoms with van der Waals surface area (Å²) in [5, 5.41) is 2.96. The second-order valence-corrected chi connectivity index (χ2v) is 19.9. The third-order valence-corrected chi connectivity index (χ3v) is 15.6. The minimum Gasteiger partial charge on any atom is -0.459 e. The SMILES string of the molecule is CC(C)=CCC[C@H](C)CCCC(=O)C1=C(C)[C@@H]2CC[C@@H](C)[C@@H]3CC[C@@]4(C)OO[C@@]23[C@H](O1)O4.CC1=C(c2nccs2)OC2O[C@@]3(C)CC[C@H]4[C@H](C)CC[C@@H]1[C@@]24O3. The Morgan fingerprint density at radius 1 is 0.873 bits per heavy atom. The Morgan fingerprint density at radius 3 is 2.22 bits per heavy atom. The van der Waals surface area contributed by atoms with Crippen molar-refractivity contribution < 1.29 is 38.3 Å². The second kappa shape index (κ2) is 14.9. The molecule has 0 amide bonds. The average molecular weight is 780 g/mol. The molecule has 8 heterocycles. The highest BCUT2D eigenvalue weighted by atomic mass is 32.1. The Labute approximate surface area is 332 Å². The van der Waals surface area contributed by atoms with Crippen molar-refractivity contribution in [1.82, 2.24) is 4.98 Å². The molecule has 0 aromatic carbocycles. The molecule has 0 N–H and O–H groups in total. The van der Waals surface area contributed by atoms with Crippen LogP contribution in [0.15, 0.2) is 40.1 Å². The molecule has 2 saturated carbocycles. The third kappa shape index (κ3) is 6.80. The van der Waals surface area contributed by atoms with E-state index in [1.807, 2.05) is 18.5 Å². The van der Waals surface area contributed by atoms with Crippen molar-refractivity contribution in [1.29, 1.82) is 0 Å². The number of hydrogen-bond acceptors (Lipinski definition) is 10. The van der Waals surface area contributed by atoms with Gasteiger partial charge in [0.1, 0.15) is 5.60 Å². The van der Waals surface area contributed by atoms with Crippen LogP contribution in [0.3, 0.4) is 0 Å². The number of carbonyl (C=O) groups excluding carboxylic acids is 1. The quantitative estimate of drug-likeness (QED) is 0.179. The summed E-state index contributed by atoms with van der Waals surface area (Å²) in [6.07, 6.45) is 16.5. The van der Waals surface area contributed by atoms with E-state index in [1.54, 1.807) is 11.3 Å². The molecule has 0 radical (unpaired) electrons. The van der Waals surface area contributed by atoms with Crippen LogP contribution in [0.25, 0.3) is 5.76 Å². The predicted octanol–water partition coefficient (Wildman–Crippen LogP) is 10.8. The van der Waals surface area contributed by atoms with Gasteiger partial charge in [0.25, 0.3) is 0 Å². The fourth-order valence-corrected chi connectivity index (χ4v) is 12.5. The second-order valence-electron chi connectivity index (χ2n) is 19.0. The molecule has 1 aromatic rings. The molecule has 4 bridgehead atoms. The molecule has 9 nitrogen and oxygen atoms in total. The van der Waals surface area contributed by atoms with Crippen LogP contribution in [-0.2, 0) is 38.3 Å². The minimum absolute atomic E-state index is 0.104. The molecule has 10 rings (SSSR count). The van der Waals surface area contributed by atoms with Gasteiger partial charge in [0.2, 0.25) is 18.4 Å². The van der Waals surface area contributed by atoms with Crippen LogP contribution in [0.1, 0.15) is 151 Å². The number of nitrogens with zero attached hydrogens (tertiary/aromatic N) is 1. The minimum atomic E-state index is -0.808. The lowest BCUT2D eigenvalue weighted by atomic mass is 9.58. The molecule has 10 heteroatoms. The Morgan fingerprint density at radius 2 is 1.53 bits per heavy atom. The zero-order valence-corrected chi connectivity index (χ0v) is 35.6. The zero-order chi connectivity index (χ0) is 38.9. The number of Topliss-reactive ketones (excluding diaryl/α,β-unsaturated/α-hetero) is 1. The van der Waals surface area contributed by atoms with Gasteiger partial charge in [-0.2, -0.15) is 0 Å². The maximum Gasteiger partial charge on any atom is 0.236 e. The molecular formula is C45H65NO8S. The highest BCUT2D eigenvalue weighted by Crippen LogP contribution is 2.64. The van der Waals surface area contributed by atoms with E-state index in [0.717, 1.165) is 74.1 Å². The number of ketones is 1. The first-order valence-electron chi connectivity index (χ1n) is 21.4. The summed E-state index contributed by atoms with van der Waals surface area (Å²) in [5.41, 5.74) is 2.76. The number of fused-ring (bicyclic) bond motifs is 3. The van der Waals surface area contributed by atoms with E-state index < -0.39 is 23.5 Å². The van der Waals surface area contributed by atoms with Crippen molar-refractivity contribution in [3.8, 4) is 0 Å². The van der Waals surface area contributed by atoms with Gasteiger partial charge in [-0.05, 0) is 134 Å². The Bertz CT molecular complexity index is 1700. The normalized spacial score (nSPS) is 42.9. The average Bonchev–Trinajstić information content (AvgIpc) is 3.67. The summed E-state index contributed by atoms with van der Waals surface area (Å²) in [4.78, 5) is 29.7. The first-order chi connectivity index (χ1) is 26.2. The maximum atomic E-state index is 13.2. The standard InChI is InChI=1S/C27H42O5.C18H23NO3S/c1-17(2)9-7-10-18(3)11-8-12-23(28)24-20(5)22-14-13-19(4)21-15-16-26(6)30-25(29-24)27(21,22)32-31-26;1-10-4-5-13-11(2)14(15-19-8-9-23-15)20-16-18(13)12(10)6-7-17(3,21-16)22-18/h9,18-19,21-22,25H,7-8,10-16H2,1-6H3;8-10,12-13,16H,4-7H2,1-3H3/t18-,19+,21-,22-,25+,26+,27+;10-,12+,13+,16?,17-,18-/m01/s1. The van der Waals surface area contributed by atoms with E-state index in [4.69, 9.17) is 33.5 Å². The molecule has 2 spiro atoms. The van der Waals surface area contributed by atoms with Crippen molar-refractivity contribution in [2.45, 2.75) is 181 Å². The zero-order valence-electron chi connectivity index (χ0n) is 34.7. The van der Waals surface area contributed by atoms with Gasteiger partial charge in [-0.25, -0.2) is 14.8 Å². The van der Waals surface area contributed by atoms with E-state index in [-0.39, 0.29) is 23.6 Å². The van der Waals surface area contributed by atoms with Crippen LogP contribution in [0, 0.1) is 41.4 Å². The van der Waals surface area contributed by atoms with Gasteiger partial charge in [0.15, 0.2) is 33.7 Å². The smallest absolute Gasteiger partial charge is 0.236 e. The molecule has 55 heavy (non-hydrogen) atoms. The van der Waals surface area contributed by atoms with Crippen LogP contribution < -0.4 is 0 Å². The van der Waals surface area contributed by atoms with Gasteiger partial charge < -0.3 is 23.7 Å².